The lowest BCUT2D eigenvalue weighted by Crippen LogP contribution is -2.38. The van der Waals surface area contributed by atoms with Crippen molar-refractivity contribution in [2.24, 2.45) is 0 Å². The maximum Gasteiger partial charge on any atom is 0.269 e. The van der Waals surface area contributed by atoms with E-state index in [4.69, 9.17) is 0 Å². The van der Waals surface area contributed by atoms with Crippen molar-refractivity contribution in [2.75, 3.05) is 19.8 Å². The van der Waals surface area contributed by atoms with Gasteiger partial charge in [-0.15, -0.1) is 0 Å². The Balaban J connectivity index is 2.02. The highest BCUT2D eigenvalue weighted by Crippen LogP contribution is 2.32. The molecule has 0 aromatic heterocycles. The highest BCUT2D eigenvalue weighted by molar-refractivity contribution is 7.99. The molecule has 1 saturated carbocycles. The standard InChI is InChI=1S/C15H22N2O3S/c1-16(13-7-4-8-15(13)21-2)10-14(18)11-5-3-6-12(9-11)17(19)20/h3,5-6,9,13-15,18H,4,7-8,10H2,1-2H3/t13-,14+,15-/m1/s1. The number of nitrogens with zero attached hydrogens (tertiary/aromatic N) is 2. The molecule has 0 heterocycles. The fourth-order valence-electron chi connectivity index (χ4n) is 3.04. The molecule has 0 radical (unpaired) electrons. The van der Waals surface area contributed by atoms with Gasteiger partial charge in [-0.1, -0.05) is 18.6 Å². The molecule has 116 valence electrons. The largest absolute Gasteiger partial charge is 0.387 e. The minimum atomic E-state index is -0.696. The van der Waals surface area contributed by atoms with Crippen LogP contribution in [0.1, 0.15) is 30.9 Å². The normalized spacial score (nSPS) is 23.4. The van der Waals surface area contributed by atoms with Gasteiger partial charge in [0, 0.05) is 30.0 Å². The van der Waals surface area contributed by atoms with Crippen molar-refractivity contribution in [3.63, 3.8) is 0 Å². The van der Waals surface area contributed by atoms with Crippen molar-refractivity contribution in [1.29, 1.82) is 0 Å². The van der Waals surface area contributed by atoms with Crippen LogP contribution in [0.2, 0.25) is 0 Å². The quantitative estimate of drug-likeness (QED) is 0.646. The lowest BCUT2D eigenvalue weighted by atomic mass is 10.1. The number of non-ortho nitro benzene ring substituents is 1. The number of nitro benzene ring substituents is 1. The maximum atomic E-state index is 10.8. The second kappa shape index (κ2) is 7.24. The Morgan fingerprint density at radius 1 is 1.52 bits per heavy atom. The minimum absolute atomic E-state index is 0.0251. The van der Waals surface area contributed by atoms with E-state index >= 15 is 0 Å². The van der Waals surface area contributed by atoms with E-state index in [1.54, 1.807) is 12.1 Å². The zero-order valence-corrected chi connectivity index (χ0v) is 13.3. The molecule has 0 spiro atoms. The van der Waals surface area contributed by atoms with E-state index in [9.17, 15) is 15.2 Å². The molecule has 1 aromatic rings. The summed E-state index contributed by atoms with van der Waals surface area (Å²) in [7, 11) is 2.03. The third kappa shape index (κ3) is 3.96. The molecule has 3 atom stereocenters. The summed E-state index contributed by atoms with van der Waals surface area (Å²) in [6.07, 6.45) is 5.05. The molecule has 5 nitrogen and oxygen atoms in total. The highest BCUT2D eigenvalue weighted by atomic mass is 32.2. The smallest absolute Gasteiger partial charge is 0.269 e. The number of aliphatic hydroxyl groups excluding tert-OH is 1. The predicted molar refractivity (Wildman–Crippen MR) is 85.6 cm³/mol. The minimum Gasteiger partial charge on any atom is -0.387 e. The van der Waals surface area contributed by atoms with E-state index in [0.717, 1.165) is 6.42 Å². The van der Waals surface area contributed by atoms with Gasteiger partial charge in [-0.05, 0) is 31.7 Å². The Kier molecular flexibility index (Phi) is 5.61. The molecule has 1 aliphatic carbocycles. The van der Waals surface area contributed by atoms with Crippen molar-refractivity contribution in [3.8, 4) is 0 Å². The average Bonchev–Trinajstić information content (AvgIpc) is 2.95. The van der Waals surface area contributed by atoms with Crippen LogP contribution in [0.5, 0.6) is 0 Å². The molecule has 1 fully saturated rings. The molecule has 6 heteroatoms. The molecule has 21 heavy (non-hydrogen) atoms. The molecule has 0 unspecified atom stereocenters. The van der Waals surface area contributed by atoms with Gasteiger partial charge in [-0.3, -0.25) is 15.0 Å². The van der Waals surface area contributed by atoms with Crippen molar-refractivity contribution >= 4 is 17.4 Å². The number of rotatable bonds is 6. The topological polar surface area (TPSA) is 66.6 Å². The lowest BCUT2D eigenvalue weighted by Gasteiger charge is -2.30. The molecular formula is C15H22N2O3S. The molecule has 1 aliphatic rings. The summed E-state index contributed by atoms with van der Waals surface area (Å²) < 4.78 is 0. The summed E-state index contributed by atoms with van der Waals surface area (Å²) in [5.41, 5.74) is 0.631. The summed E-state index contributed by atoms with van der Waals surface area (Å²) in [4.78, 5) is 12.6. The van der Waals surface area contributed by atoms with Crippen molar-refractivity contribution in [2.45, 2.75) is 36.7 Å². The first-order chi connectivity index (χ1) is 10.0. The summed E-state index contributed by atoms with van der Waals surface area (Å²) >= 11 is 1.89. The molecule has 0 amide bonds. The van der Waals surface area contributed by atoms with Crippen LogP contribution in [0.15, 0.2) is 24.3 Å². The fourth-order valence-corrected chi connectivity index (χ4v) is 4.11. The summed E-state index contributed by atoms with van der Waals surface area (Å²) in [5, 5.41) is 21.8. The Morgan fingerprint density at radius 3 is 2.95 bits per heavy atom. The third-order valence-corrected chi connectivity index (χ3v) is 5.37. The zero-order chi connectivity index (χ0) is 15.4. The Labute approximate surface area is 129 Å². The Bertz CT molecular complexity index is 498. The van der Waals surface area contributed by atoms with E-state index in [1.807, 2.05) is 18.8 Å². The first-order valence-electron chi connectivity index (χ1n) is 7.18. The molecule has 2 rings (SSSR count). The third-order valence-electron chi connectivity index (χ3n) is 4.21. The van der Waals surface area contributed by atoms with Crippen LogP contribution in [0.4, 0.5) is 5.69 Å². The SMILES string of the molecule is CS[C@@H]1CCC[C@H]1N(C)C[C@H](O)c1cccc([N+](=O)[O-])c1. The van der Waals surface area contributed by atoms with Crippen LogP contribution in [0, 0.1) is 10.1 Å². The van der Waals surface area contributed by atoms with Gasteiger partial charge in [0.1, 0.15) is 0 Å². The molecule has 1 aromatic carbocycles. The van der Waals surface area contributed by atoms with Gasteiger partial charge in [0.05, 0.1) is 11.0 Å². The Morgan fingerprint density at radius 2 is 2.29 bits per heavy atom. The van der Waals surface area contributed by atoms with Crippen LogP contribution in [-0.4, -0.2) is 46.1 Å². The number of likely N-dealkylation sites (N-methyl/N-ethyl adjacent to an activating group) is 1. The number of thioether (sulfide) groups is 1. The predicted octanol–water partition coefficient (Wildman–Crippen LogP) is 2.84. The van der Waals surface area contributed by atoms with Gasteiger partial charge in [0.15, 0.2) is 0 Å². The van der Waals surface area contributed by atoms with Gasteiger partial charge < -0.3 is 5.11 Å². The number of nitro groups is 1. The van der Waals surface area contributed by atoms with E-state index in [1.165, 1.54) is 25.0 Å². The number of benzene rings is 1. The van der Waals surface area contributed by atoms with Gasteiger partial charge >= 0.3 is 0 Å². The first kappa shape index (κ1) is 16.3. The van der Waals surface area contributed by atoms with Gasteiger partial charge in [-0.2, -0.15) is 11.8 Å². The van der Waals surface area contributed by atoms with Gasteiger partial charge in [0.25, 0.3) is 5.69 Å². The van der Waals surface area contributed by atoms with E-state index in [0.29, 0.717) is 23.4 Å². The first-order valence-corrected chi connectivity index (χ1v) is 8.47. The number of hydrogen-bond acceptors (Lipinski definition) is 5. The fraction of sp³-hybridized carbons (Fsp3) is 0.600. The van der Waals surface area contributed by atoms with Crippen LogP contribution >= 0.6 is 11.8 Å². The summed E-state index contributed by atoms with van der Waals surface area (Å²) in [5.74, 6) is 0. The second-order valence-corrected chi connectivity index (χ2v) is 6.66. The molecule has 0 bridgehead atoms. The van der Waals surface area contributed by atoms with Gasteiger partial charge in [-0.25, -0.2) is 0 Å². The summed E-state index contributed by atoms with van der Waals surface area (Å²) in [6, 6.07) is 6.75. The zero-order valence-electron chi connectivity index (χ0n) is 12.4. The van der Waals surface area contributed by atoms with Crippen LogP contribution in [0.3, 0.4) is 0 Å². The van der Waals surface area contributed by atoms with E-state index < -0.39 is 11.0 Å². The molecule has 0 aliphatic heterocycles. The average molecular weight is 310 g/mol. The highest BCUT2D eigenvalue weighted by Gasteiger charge is 2.30. The van der Waals surface area contributed by atoms with Crippen LogP contribution in [-0.2, 0) is 0 Å². The number of hydrogen-bond donors (Lipinski definition) is 1. The van der Waals surface area contributed by atoms with Crippen molar-refractivity contribution < 1.29 is 10.0 Å². The van der Waals surface area contributed by atoms with Crippen molar-refractivity contribution in [3.05, 3.63) is 39.9 Å². The van der Waals surface area contributed by atoms with Crippen molar-refractivity contribution in [1.82, 2.24) is 4.90 Å². The lowest BCUT2D eigenvalue weighted by molar-refractivity contribution is -0.385. The Hall–Kier alpha value is -1.11. The van der Waals surface area contributed by atoms with E-state index in [-0.39, 0.29) is 5.69 Å². The molecule has 1 N–H and O–H groups in total. The number of aliphatic hydroxyl groups is 1. The maximum absolute atomic E-state index is 10.8. The van der Waals surface area contributed by atoms with E-state index in [2.05, 4.69) is 11.2 Å². The van der Waals surface area contributed by atoms with Crippen LogP contribution < -0.4 is 0 Å². The van der Waals surface area contributed by atoms with Gasteiger partial charge in [0.2, 0.25) is 0 Å². The monoisotopic (exact) mass is 310 g/mol. The summed E-state index contributed by atoms with van der Waals surface area (Å²) in [6.45, 7) is 0.503. The van der Waals surface area contributed by atoms with Crippen LogP contribution in [0.25, 0.3) is 0 Å². The molecular weight excluding hydrogens is 288 g/mol. The second-order valence-electron chi connectivity index (χ2n) is 5.58. The molecule has 0 saturated heterocycles.